The maximum absolute atomic E-state index is 11.6. The number of carbonyl (C=O) groups is 1. The van der Waals surface area contributed by atoms with E-state index in [9.17, 15) is 9.90 Å². The van der Waals surface area contributed by atoms with E-state index in [4.69, 9.17) is 0 Å². The molecular weight excluding hydrogens is 194 g/mol. The van der Waals surface area contributed by atoms with Crippen molar-refractivity contribution < 1.29 is 9.90 Å². The van der Waals surface area contributed by atoms with Gasteiger partial charge < -0.3 is 10.4 Å². The summed E-state index contributed by atoms with van der Waals surface area (Å²) in [6.45, 7) is 0. The molecule has 1 aliphatic carbocycles. The fourth-order valence-electron chi connectivity index (χ4n) is 1.78. The average Bonchev–Trinajstić information content (AvgIpc) is 2.66. The maximum Gasteiger partial charge on any atom is 0.270 e. The topological polar surface area (TPSA) is 75.1 Å². The van der Waals surface area contributed by atoms with Gasteiger partial charge in [-0.25, -0.2) is 9.97 Å². The first-order valence-electron chi connectivity index (χ1n) is 5.02. The fraction of sp³-hybridized carbons (Fsp3) is 0.500. The Morgan fingerprint density at radius 1 is 1.53 bits per heavy atom. The summed E-state index contributed by atoms with van der Waals surface area (Å²) in [6, 6.07) is 1.42. The second-order valence-electron chi connectivity index (χ2n) is 3.67. The van der Waals surface area contributed by atoms with Crippen molar-refractivity contribution in [2.75, 3.05) is 0 Å². The molecule has 1 aromatic heterocycles. The molecule has 1 aromatic rings. The molecule has 1 heterocycles. The number of rotatable bonds is 2. The Kier molecular flexibility index (Phi) is 2.91. The van der Waals surface area contributed by atoms with Gasteiger partial charge in [0.15, 0.2) is 0 Å². The zero-order valence-electron chi connectivity index (χ0n) is 8.26. The minimum absolute atomic E-state index is 0.132. The molecule has 2 N–H and O–H groups in total. The van der Waals surface area contributed by atoms with Gasteiger partial charge in [0, 0.05) is 6.20 Å². The molecule has 0 bridgehead atoms. The fourth-order valence-corrected chi connectivity index (χ4v) is 1.78. The van der Waals surface area contributed by atoms with Crippen LogP contribution in [0.5, 0.6) is 0 Å². The minimum atomic E-state index is -0.421. The van der Waals surface area contributed by atoms with E-state index in [0.717, 1.165) is 19.3 Å². The van der Waals surface area contributed by atoms with Crippen LogP contribution in [0.15, 0.2) is 18.6 Å². The lowest BCUT2D eigenvalue weighted by molar-refractivity contribution is 0.0868. The van der Waals surface area contributed by atoms with Gasteiger partial charge in [0.1, 0.15) is 12.0 Å². The van der Waals surface area contributed by atoms with Crippen molar-refractivity contribution in [3.05, 3.63) is 24.3 Å². The van der Waals surface area contributed by atoms with Crippen LogP contribution in [0.2, 0.25) is 0 Å². The maximum atomic E-state index is 11.6. The van der Waals surface area contributed by atoms with Gasteiger partial charge >= 0.3 is 0 Å². The molecule has 0 radical (unpaired) electrons. The number of nitrogens with one attached hydrogen (secondary N) is 1. The standard InChI is InChI=1S/C10H13N3O2/c14-9-3-1-2-7(9)13-10(15)8-4-5-11-6-12-8/h4-7,9,14H,1-3H2,(H,13,15)/t7-,9-/m0/s1. The van der Waals surface area contributed by atoms with Crippen molar-refractivity contribution in [3.63, 3.8) is 0 Å². The van der Waals surface area contributed by atoms with Gasteiger partial charge in [-0.2, -0.15) is 0 Å². The lowest BCUT2D eigenvalue weighted by atomic mass is 10.2. The molecule has 5 nitrogen and oxygen atoms in total. The van der Waals surface area contributed by atoms with Crippen LogP contribution < -0.4 is 5.32 Å². The van der Waals surface area contributed by atoms with Crippen LogP contribution in [-0.4, -0.2) is 33.1 Å². The summed E-state index contributed by atoms with van der Waals surface area (Å²) in [5, 5.41) is 12.3. The Hall–Kier alpha value is -1.49. The summed E-state index contributed by atoms with van der Waals surface area (Å²) in [7, 11) is 0. The summed E-state index contributed by atoms with van der Waals surface area (Å²) >= 11 is 0. The van der Waals surface area contributed by atoms with Crippen LogP contribution in [0.25, 0.3) is 0 Å². The van der Waals surface area contributed by atoms with Crippen LogP contribution in [0, 0.1) is 0 Å². The predicted octanol–water partition coefficient (Wildman–Crippen LogP) is 0.120. The Morgan fingerprint density at radius 3 is 3.00 bits per heavy atom. The summed E-state index contributed by atoms with van der Waals surface area (Å²) in [5.74, 6) is -0.247. The van der Waals surface area contributed by atoms with E-state index in [-0.39, 0.29) is 11.9 Å². The average molecular weight is 207 g/mol. The molecule has 2 rings (SSSR count). The first-order valence-corrected chi connectivity index (χ1v) is 5.02. The van der Waals surface area contributed by atoms with Crippen LogP contribution in [0.1, 0.15) is 29.8 Å². The molecule has 1 aliphatic rings. The summed E-state index contributed by atoms with van der Waals surface area (Å²) in [5.41, 5.74) is 0.337. The van der Waals surface area contributed by atoms with E-state index in [1.807, 2.05) is 0 Å². The van der Waals surface area contributed by atoms with Crippen molar-refractivity contribution in [1.29, 1.82) is 0 Å². The third kappa shape index (κ3) is 2.30. The molecule has 80 valence electrons. The molecule has 1 amide bonds. The van der Waals surface area contributed by atoms with Gasteiger partial charge in [-0.15, -0.1) is 0 Å². The zero-order chi connectivity index (χ0) is 10.7. The Morgan fingerprint density at radius 2 is 2.40 bits per heavy atom. The number of aromatic nitrogens is 2. The van der Waals surface area contributed by atoms with Crippen molar-refractivity contribution in [1.82, 2.24) is 15.3 Å². The van der Waals surface area contributed by atoms with Crippen molar-refractivity contribution in [2.24, 2.45) is 0 Å². The Balaban J connectivity index is 1.98. The molecule has 5 heteroatoms. The predicted molar refractivity (Wildman–Crippen MR) is 53.1 cm³/mol. The van der Waals surface area contributed by atoms with E-state index >= 15 is 0 Å². The second kappa shape index (κ2) is 4.35. The van der Waals surface area contributed by atoms with Crippen molar-refractivity contribution in [3.8, 4) is 0 Å². The van der Waals surface area contributed by atoms with E-state index in [1.165, 1.54) is 12.5 Å². The van der Waals surface area contributed by atoms with Crippen molar-refractivity contribution >= 4 is 5.91 Å². The first-order chi connectivity index (χ1) is 7.27. The number of nitrogens with zero attached hydrogens (tertiary/aromatic N) is 2. The van der Waals surface area contributed by atoms with Gasteiger partial charge in [0.2, 0.25) is 0 Å². The molecule has 0 spiro atoms. The summed E-state index contributed by atoms with van der Waals surface area (Å²) in [6.07, 6.45) is 4.98. The third-order valence-corrected chi connectivity index (χ3v) is 2.61. The minimum Gasteiger partial charge on any atom is -0.391 e. The van der Waals surface area contributed by atoms with E-state index < -0.39 is 6.10 Å². The summed E-state index contributed by atoms with van der Waals surface area (Å²) in [4.78, 5) is 19.2. The first kappa shape index (κ1) is 10.0. The SMILES string of the molecule is O=C(N[C@H]1CCC[C@@H]1O)c1ccncn1. The lowest BCUT2D eigenvalue weighted by Gasteiger charge is -2.15. The number of aliphatic hydroxyl groups excluding tert-OH is 1. The van der Waals surface area contributed by atoms with E-state index in [2.05, 4.69) is 15.3 Å². The number of hydrogen-bond acceptors (Lipinski definition) is 4. The number of aliphatic hydroxyl groups is 1. The molecule has 1 saturated carbocycles. The van der Waals surface area contributed by atoms with E-state index in [0.29, 0.717) is 5.69 Å². The van der Waals surface area contributed by atoms with Gasteiger partial charge in [0.25, 0.3) is 5.91 Å². The normalized spacial score (nSPS) is 25.1. The van der Waals surface area contributed by atoms with Crippen molar-refractivity contribution in [2.45, 2.75) is 31.4 Å². The summed E-state index contributed by atoms with van der Waals surface area (Å²) < 4.78 is 0. The number of carbonyl (C=O) groups excluding carboxylic acids is 1. The smallest absolute Gasteiger partial charge is 0.270 e. The molecule has 0 saturated heterocycles. The molecule has 1 fully saturated rings. The van der Waals surface area contributed by atoms with Crippen LogP contribution in [0.4, 0.5) is 0 Å². The Bertz CT molecular complexity index is 342. The Labute approximate surface area is 87.6 Å². The monoisotopic (exact) mass is 207 g/mol. The second-order valence-corrected chi connectivity index (χ2v) is 3.67. The molecule has 0 aliphatic heterocycles. The quantitative estimate of drug-likeness (QED) is 0.722. The third-order valence-electron chi connectivity index (χ3n) is 2.61. The van der Waals surface area contributed by atoms with E-state index in [1.54, 1.807) is 6.07 Å². The molecule has 15 heavy (non-hydrogen) atoms. The number of amides is 1. The molecular formula is C10H13N3O2. The molecule has 2 atom stereocenters. The highest BCUT2D eigenvalue weighted by molar-refractivity contribution is 5.92. The number of hydrogen-bond donors (Lipinski definition) is 2. The van der Waals surface area contributed by atoms with Gasteiger partial charge in [-0.3, -0.25) is 4.79 Å². The highest BCUT2D eigenvalue weighted by Crippen LogP contribution is 2.18. The van der Waals surface area contributed by atoms with Crippen LogP contribution in [-0.2, 0) is 0 Å². The lowest BCUT2D eigenvalue weighted by Crippen LogP contribution is -2.40. The van der Waals surface area contributed by atoms with Gasteiger partial charge in [-0.1, -0.05) is 0 Å². The highest BCUT2D eigenvalue weighted by Gasteiger charge is 2.26. The zero-order valence-corrected chi connectivity index (χ0v) is 8.26. The highest BCUT2D eigenvalue weighted by atomic mass is 16.3. The largest absolute Gasteiger partial charge is 0.391 e. The van der Waals surface area contributed by atoms with Crippen LogP contribution >= 0.6 is 0 Å². The van der Waals surface area contributed by atoms with Crippen LogP contribution in [0.3, 0.4) is 0 Å². The van der Waals surface area contributed by atoms with Gasteiger partial charge in [0.05, 0.1) is 12.1 Å². The van der Waals surface area contributed by atoms with Gasteiger partial charge in [-0.05, 0) is 25.3 Å². The molecule has 0 aromatic carbocycles. The molecule has 0 unspecified atom stereocenters.